The normalized spacial score (nSPS) is 16.1. The van der Waals surface area contributed by atoms with Gasteiger partial charge in [-0.1, -0.05) is 35.1 Å². The smallest absolute Gasteiger partial charge is 0.338 e. The van der Waals surface area contributed by atoms with Crippen LogP contribution in [0.25, 0.3) is 6.08 Å². The lowest BCUT2D eigenvalue weighted by Crippen LogP contribution is -2.40. The molecule has 3 aromatic rings. The van der Waals surface area contributed by atoms with Gasteiger partial charge in [0.15, 0.2) is 10.7 Å². The zero-order chi connectivity index (χ0) is 23.9. The number of halogens is 1. The molecule has 1 atom stereocenters. The Hall–Kier alpha value is -3.10. The number of thiazole rings is 1. The molecule has 0 radical (unpaired) electrons. The number of benzene rings is 1. The maximum Gasteiger partial charge on any atom is 0.338 e. The van der Waals surface area contributed by atoms with E-state index in [4.69, 9.17) is 20.8 Å². The molecule has 0 bridgehead atoms. The molecule has 0 N–H and O–H groups in total. The van der Waals surface area contributed by atoms with Gasteiger partial charge in [0.1, 0.15) is 5.76 Å². The second-order valence-corrected chi connectivity index (χ2v) is 9.60. The Balaban J connectivity index is 1.91. The number of fused-ring (bicyclic) bond motifs is 1. The summed E-state index contributed by atoms with van der Waals surface area (Å²) in [5.41, 5.74) is 1.33. The predicted octanol–water partition coefficient (Wildman–Crippen LogP) is 3.50. The fourth-order valence-electron chi connectivity index (χ4n) is 3.61. The maximum atomic E-state index is 13.5. The van der Waals surface area contributed by atoms with Crippen LogP contribution in [0.3, 0.4) is 0 Å². The van der Waals surface area contributed by atoms with Crippen LogP contribution in [0.5, 0.6) is 0 Å². The summed E-state index contributed by atoms with van der Waals surface area (Å²) >= 11 is 7.34. The number of furan rings is 1. The summed E-state index contributed by atoms with van der Waals surface area (Å²) in [6, 6.07) is 10.0. The highest BCUT2D eigenvalue weighted by Gasteiger charge is 2.33. The Labute approximate surface area is 199 Å². The largest absolute Gasteiger partial charge is 0.459 e. The van der Waals surface area contributed by atoms with E-state index < -0.39 is 12.0 Å². The van der Waals surface area contributed by atoms with Crippen molar-refractivity contribution in [1.29, 1.82) is 0 Å². The predicted molar refractivity (Wildman–Crippen MR) is 129 cm³/mol. The summed E-state index contributed by atoms with van der Waals surface area (Å²) in [7, 11) is 3.76. The number of rotatable bonds is 5. The van der Waals surface area contributed by atoms with Crippen molar-refractivity contribution in [3.8, 4) is 0 Å². The molecule has 172 valence electrons. The zero-order valence-electron chi connectivity index (χ0n) is 19.0. The standard InChI is InChI=1S/C24H24ClN3O4S/c1-13(2)31-23(30)20-14(3)26-24-28(21(20)15-6-8-16(25)9-7-15)22(29)18(33-24)12-17-10-11-19(32-17)27(4)5/h6-13,21H,1-5H3/b18-12+/t21-/m0/s1. The fourth-order valence-corrected chi connectivity index (χ4v) is 4.76. The van der Waals surface area contributed by atoms with Gasteiger partial charge in [-0.25, -0.2) is 9.79 Å². The Morgan fingerprint density at radius 2 is 1.94 bits per heavy atom. The number of nitrogens with zero attached hydrogens (tertiary/aromatic N) is 3. The van der Waals surface area contributed by atoms with E-state index in [9.17, 15) is 9.59 Å². The van der Waals surface area contributed by atoms with Crippen molar-refractivity contribution in [1.82, 2.24) is 4.57 Å². The molecule has 0 saturated heterocycles. The molecule has 4 rings (SSSR count). The summed E-state index contributed by atoms with van der Waals surface area (Å²) < 4.78 is 13.3. The molecule has 1 aromatic carbocycles. The first kappa shape index (κ1) is 23.1. The van der Waals surface area contributed by atoms with Gasteiger partial charge in [0.05, 0.1) is 27.9 Å². The minimum absolute atomic E-state index is 0.260. The van der Waals surface area contributed by atoms with Crippen molar-refractivity contribution < 1.29 is 13.9 Å². The third-order valence-corrected chi connectivity index (χ3v) is 6.33. The fraction of sp³-hybridized carbons (Fsp3) is 0.292. The SMILES string of the molecule is CC1=C(C(=O)OC(C)C)[C@H](c2ccc(Cl)cc2)n2c(s/c(=C/c3ccc(N(C)C)o3)c2=O)=N1. The van der Waals surface area contributed by atoms with Gasteiger partial charge in [0.25, 0.3) is 5.56 Å². The molecule has 0 aliphatic carbocycles. The Kier molecular flexibility index (Phi) is 6.32. The molecule has 9 heteroatoms. The Bertz CT molecular complexity index is 1410. The molecular weight excluding hydrogens is 462 g/mol. The highest BCUT2D eigenvalue weighted by molar-refractivity contribution is 7.07. The van der Waals surface area contributed by atoms with Crippen molar-refractivity contribution in [3.05, 3.63) is 83.7 Å². The van der Waals surface area contributed by atoms with Gasteiger partial charge >= 0.3 is 5.97 Å². The summed E-state index contributed by atoms with van der Waals surface area (Å²) in [6.45, 7) is 5.32. The van der Waals surface area contributed by atoms with E-state index >= 15 is 0 Å². The third-order valence-electron chi connectivity index (χ3n) is 5.10. The molecule has 0 saturated carbocycles. The van der Waals surface area contributed by atoms with Crippen molar-refractivity contribution in [2.75, 3.05) is 19.0 Å². The molecule has 0 unspecified atom stereocenters. The van der Waals surface area contributed by atoms with Crippen molar-refractivity contribution in [3.63, 3.8) is 0 Å². The van der Waals surface area contributed by atoms with E-state index in [1.165, 1.54) is 11.3 Å². The first-order valence-electron chi connectivity index (χ1n) is 10.4. The minimum atomic E-state index is -0.680. The van der Waals surface area contributed by atoms with Gasteiger partial charge in [-0.05, 0) is 44.5 Å². The highest BCUT2D eigenvalue weighted by Crippen LogP contribution is 2.31. The Morgan fingerprint density at radius 1 is 1.24 bits per heavy atom. The van der Waals surface area contributed by atoms with Crippen LogP contribution in [0.4, 0.5) is 5.88 Å². The van der Waals surface area contributed by atoms with Gasteiger partial charge in [0.2, 0.25) is 0 Å². The summed E-state index contributed by atoms with van der Waals surface area (Å²) in [4.78, 5) is 33.5. The summed E-state index contributed by atoms with van der Waals surface area (Å²) in [5.74, 6) is 0.743. The van der Waals surface area contributed by atoms with E-state index in [0.29, 0.717) is 37.3 Å². The van der Waals surface area contributed by atoms with Crippen LogP contribution in [-0.2, 0) is 9.53 Å². The number of aromatic nitrogens is 1. The number of carbonyl (C=O) groups excluding carboxylic acids is 1. The molecular formula is C24H24ClN3O4S. The van der Waals surface area contributed by atoms with Crippen LogP contribution < -0.4 is 19.8 Å². The second-order valence-electron chi connectivity index (χ2n) is 8.16. The lowest BCUT2D eigenvalue weighted by Gasteiger charge is -2.25. The average Bonchev–Trinajstić information content (AvgIpc) is 3.32. The summed E-state index contributed by atoms with van der Waals surface area (Å²) in [5, 5.41) is 0.563. The van der Waals surface area contributed by atoms with Gasteiger partial charge in [-0.3, -0.25) is 9.36 Å². The average molecular weight is 486 g/mol. The van der Waals surface area contributed by atoms with E-state index in [1.807, 2.05) is 25.1 Å². The highest BCUT2D eigenvalue weighted by atomic mass is 35.5. The number of allylic oxidation sites excluding steroid dienone is 1. The first-order chi connectivity index (χ1) is 15.7. The summed E-state index contributed by atoms with van der Waals surface area (Å²) in [6.07, 6.45) is 1.39. The van der Waals surface area contributed by atoms with Gasteiger partial charge in [0, 0.05) is 31.3 Å². The van der Waals surface area contributed by atoms with Crippen molar-refractivity contribution in [2.24, 2.45) is 4.99 Å². The monoisotopic (exact) mass is 485 g/mol. The first-order valence-corrected chi connectivity index (χ1v) is 11.6. The lowest BCUT2D eigenvalue weighted by atomic mass is 9.96. The molecule has 2 aromatic heterocycles. The lowest BCUT2D eigenvalue weighted by molar-refractivity contribution is -0.143. The number of anilines is 1. The number of hydrogen-bond acceptors (Lipinski definition) is 7. The van der Waals surface area contributed by atoms with Crippen LogP contribution in [0, 0.1) is 0 Å². The topological polar surface area (TPSA) is 77.0 Å². The van der Waals surface area contributed by atoms with Crippen LogP contribution in [0.2, 0.25) is 5.02 Å². The van der Waals surface area contributed by atoms with E-state index in [1.54, 1.807) is 61.7 Å². The minimum Gasteiger partial charge on any atom is -0.459 e. The second kappa shape index (κ2) is 9.03. The van der Waals surface area contributed by atoms with Gasteiger partial charge in [-0.15, -0.1) is 0 Å². The number of esters is 1. The van der Waals surface area contributed by atoms with E-state index in [-0.39, 0.29) is 11.7 Å². The maximum absolute atomic E-state index is 13.5. The molecule has 1 aliphatic heterocycles. The van der Waals surface area contributed by atoms with E-state index in [2.05, 4.69) is 4.99 Å². The Morgan fingerprint density at radius 3 is 2.55 bits per heavy atom. The van der Waals surface area contributed by atoms with Crippen molar-refractivity contribution in [2.45, 2.75) is 32.9 Å². The molecule has 0 spiro atoms. The molecule has 3 heterocycles. The number of carbonyl (C=O) groups is 1. The molecule has 0 fully saturated rings. The van der Waals surface area contributed by atoms with Gasteiger partial charge < -0.3 is 14.1 Å². The van der Waals surface area contributed by atoms with Crippen LogP contribution >= 0.6 is 22.9 Å². The van der Waals surface area contributed by atoms with Crippen LogP contribution in [0.15, 0.2) is 61.9 Å². The van der Waals surface area contributed by atoms with Crippen molar-refractivity contribution >= 4 is 40.9 Å². The zero-order valence-corrected chi connectivity index (χ0v) is 20.5. The number of ether oxygens (including phenoxy) is 1. The van der Waals surface area contributed by atoms with Crippen LogP contribution in [-0.4, -0.2) is 30.7 Å². The molecule has 7 nitrogen and oxygen atoms in total. The van der Waals surface area contributed by atoms with Gasteiger partial charge in [-0.2, -0.15) is 0 Å². The quantitative estimate of drug-likeness (QED) is 0.517. The molecule has 0 amide bonds. The number of hydrogen-bond donors (Lipinski definition) is 0. The molecule has 1 aliphatic rings. The molecule has 33 heavy (non-hydrogen) atoms. The van der Waals surface area contributed by atoms with Crippen LogP contribution in [0.1, 0.15) is 38.1 Å². The third kappa shape index (κ3) is 4.54. The van der Waals surface area contributed by atoms with E-state index in [0.717, 1.165) is 5.56 Å².